The van der Waals surface area contributed by atoms with Crippen molar-refractivity contribution in [2.45, 2.75) is 17.3 Å². The average Bonchev–Trinajstić information content (AvgIpc) is 3.12. The van der Waals surface area contributed by atoms with E-state index in [2.05, 4.69) is 5.32 Å². The molecule has 0 radical (unpaired) electrons. The molecule has 0 aliphatic carbocycles. The Balaban J connectivity index is 1.59. The Morgan fingerprint density at radius 2 is 2.09 bits per heavy atom. The van der Waals surface area contributed by atoms with E-state index in [0.717, 1.165) is 31.5 Å². The Morgan fingerprint density at radius 1 is 1.42 bits per heavy atom. The standard InChI is InChI=1S/C17H24FN3O8P2S2/c1-17(30(24)25,31(26,27)28)33-15(22)19-9-12-10-21(16(23)29-12)11-2-3-14(13(18)8-11)20-4-6-32-7-5-20/h2-3,8,12,30H,4-7,9-10H2,1H3,(H,19,22)(H,24,25)(H2,26,27,28)/t12-,17?/m0/s1. The minimum absolute atomic E-state index is 0.00921. The average molecular weight is 543 g/mol. The maximum absolute atomic E-state index is 14.7. The third-order valence-electron chi connectivity index (χ3n) is 5.19. The second-order valence-corrected chi connectivity index (χ2v) is 14.7. The SMILES string of the molecule is CC(SC(=O)NC[C@H]1CN(c2ccc(N3CCSCC3)c(F)c2)C(=O)O1)([PH](=O)O)P(=O)(O)O. The number of ether oxygens (including phenoxy) is 1. The normalized spacial score (nSPS) is 22.0. The number of hydrogen-bond donors (Lipinski definition) is 4. The Bertz CT molecular complexity index is 993. The molecular formula is C17H24FN3O8P2S2. The topological polar surface area (TPSA) is 157 Å². The lowest BCUT2D eigenvalue weighted by Gasteiger charge is -2.29. The van der Waals surface area contributed by atoms with Crippen molar-refractivity contribution in [2.24, 2.45) is 0 Å². The van der Waals surface area contributed by atoms with Crippen molar-refractivity contribution in [1.29, 1.82) is 0 Å². The van der Waals surface area contributed by atoms with Gasteiger partial charge in [0.05, 0.1) is 24.5 Å². The molecule has 0 aromatic heterocycles. The maximum Gasteiger partial charge on any atom is 0.414 e. The number of halogens is 1. The van der Waals surface area contributed by atoms with Crippen LogP contribution in [-0.2, 0) is 13.9 Å². The van der Waals surface area contributed by atoms with Crippen LogP contribution in [0.2, 0.25) is 0 Å². The largest absolute Gasteiger partial charge is 0.442 e. The van der Waals surface area contributed by atoms with Gasteiger partial charge in [0.1, 0.15) is 11.9 Å². The van der Waals surface area contributed by atoms with Crippen LogP contribution in [0, 0.1) is 5.82 Å². The molecule has 2 unspecified atom stereocenters. The summed E-state index contributed by atoms with van der Waals surface area (Å²) in [4.78, 5) is 55.5. The minimum Gasteiger partial charge on any atom is -0.442 e. The van der Waals surface area contributed by atoms with E-state index in [1.807, 2.05) is 4.90 Å². The number of thioether (sulfide) groups is 2. The smallest absolute Gasteiger partial charge is 0.414 e. The molecule has 2 amide bonds. The molecule has 2 saturated heterocycles. The quantitative estimate of drug-likeness (QED) is 0.375. The van der Waals surface area contributed by atoms with E-state index in [1.165, 1.54) is 11.0 Å². The van der Waals surface area contributed by atoms with Gasteiger partial charge < -0.3 is 29.6 Å². The van der Waals surface area contributed by atoms with Gasteiger partial charge in [-0.25, -0.2) is 9.18 Å². The monoisotopic (exact) mass is 543 g/mol. The Kier molecular flexibility index (Phi) is 8.42. The number of rotatable bonds is 7. The predicted molar refractivity (Wildman–Crippen MR) is 126 cm³/mol. The number of hydrogen-bond acceptors (Lipinski definition) is 8. The second-order valence-electron chi connectivity index (χ2n) is 7.45. The summed E-state index contributed by atoms with van der Waals surface area (Å²) in [6, 6.07) is 4.47. The molecule has 16 heteroatoms. The second kappa shape index (κ2) is 10.6. The number of nitrogens with zero attached hydrogens (tertiary/aromatic N) is 2. The van der Waals surface area contributed by atoms with Crippen LogP contribution in [0.1, 0.15) is 6.92 Å². The van der Waals surface area contributed by atoms with Crippen molar-refractivity contribution >= 4 is 61.9 Å². The van der Waals surface area contributed by atoms with Crippen LogP contribution < -0.4 is 15.1 Å². The molecular weight excluding hydrogens is 519 g/mol. The molecule has 33 heavy (non-hydrogen) atoms. The van der Waals surface area contributed by atoms with Crippen molar-refractivity contribution < 1.29 is 42.5 Å². The fourth-order valence-electron chi connectivity index (χ4n) is 3.20. The molecule has 3 rings (SSSR count). The van der Waals surface area contributed by atoms with Gasteiger partial charge in [-0.3, -0.25) is 18.8 Å². The zero-order valence-corrected chi connectivity index (χ0v) is 21.0. The van der Waals surface area contributed by atoms with E-state index in [4.69, 9.17) is 4.74 Å². The molecule has 184 valence electrons. The molecule has 1 aromatic rings. The lowest BCUT2D eigenvalue weighted by molar-refractivity contribution is 0.141. The van der Waals surface area contributed by atoms with Crippen LogP contribution in [0.25, 0.3) is 0 Å². The summed E-state index contributed by atoms with van der Waals surface area (Å²) in [6.07, 6.45) is -1.54. The van der Waals surface area contributed by atoms with Gasteiger partial charge in [0, 0.05) is 24.6 Å². The molecule has 11 nitrogen and oxygen atoms in total. The van der Waals surface area contributed by atoms with E-state index in [9.17, 15) is 37.8 Å². The minimum atomic E-state index is -5.07. The van der Waals surface area contributed by atoms with Crippen LogP contribution in [0.4, 0.5) is 25.4 Å². The highest BCUT2D eigenvalue weighted by atomic mass is 32.2. The van der Waals surface area contributed by atoms with Crippen LogP contribution in [-0.4, -0.2) is 74.0 Å². The fourth-order valence-corrected chi connectivity index (χ4v) is 6.97. The summed E-state index contributed by atoms with van der Waals surface area (Å²) < 4.78 is 40.4. The number of nitrogens with one attached hydrogen (secondary N) is 1. The Hall–Kier alpha value is -1.27. The molecule has 0 bridgehead atoms. The number of cyclic esters (lactones) is 1. The molecule has 2 fully saturated rings. The van der Waals surface area contributed by atoms with Gasteiger partial charge in [-0.1, -0.05) is 0 Å². The first kappa shape index (κ1) is 26.3. The summed E-state index contributed by atoms with van der Waals surface area (Å²) in [5.74, 6) is 1.36. The molecule has 2 aliphatic heterocycles. The molecule has 1 aromatic carbocycles. The first-order valence-electron chi connectivity index (χ1n) is 9.78. The number of benzene rings is 1. The molecule has 0 saturated carbocycles. The van der Waals surface area contributed by atoms with E-state index in [-0.39, 0.29) is 24.9 Å². The van der Waals surface area contributed by atoms with Gasteiger partial charge in [0.25, 0.3) is 5.24 Å². The molecule has 2 aliphatic rings. The fraction of sp³-hybridized carbons (Fsp3) is 0.529. The van der Waals surface area contributed by atoms with Crippen molar-refractivity contribution in [3.05, 3.63) is 24.0 Å². The number of amides is 2. The Labute approximate surface area is 198 Å². The van der Waals surface area contributed by atoms with Gasteiger partial charge >= 0.3 is 13.7 Å². The first-order valence-corrected chi connectivity index (χ1v) is 14.7. The first-order chi connectivity index (χ1) is 15.4. The van der Waals surface area contributed by atoms with E-state index >= 15 is 0 Å². The van der Waals surface area contributed by atoms with Crippen LogP contribution in [0.15, 0.2) is 18.2 Å². The van der Waals surface area contributed by atoms with Crippen LogP contribution >= 0.6 is 39.1 Å². The third kappa shape index (κ3) is 6.05. The summed E-state index contributed by atoms with van der Waals surface area (Å²) in [5, 5.41) is 1.36. The van der Waals surface area contributed by atoms with E-state index in [1.54, 1.807) is 23.9 Å². The lowest BCUT2D eigenvalue weighted by Crippen LogP contribution is -2.34. The molecule has 0 spiro atoms. The van der Waals surface area contributed by atoms with Gasteiger partial charge in [-0.05, 0) is 36.9 Å². The lowest BCUT2D eigenvalue weighted by atomic mass is 10.2. The third-order valence-corrected chi connectivity index (χ3v) is 12.0. The van der Waals surface area contributed by atoms with Gasteiger partial charge in [-0.15, -0.1) is 0 Å². The molecule has 2 heterocycles. The summed E-state index contributed by atoms with van der Waals surface area (Å²) >= 11 is 1.83. The highest BCUT2D eigenvalue weighted by Gasteiger charge is 2.50. The van der Waals surface area contributed by atoms with Crippen LogP contribution in [0.5, 0.6) is 0 Å². The number of anilines is 2. The zero-order chi connectivity index (χ0) is 24.4. The van der Waals surface area contributed by atoms with E-state index < -0.39 is 43.1 Å². The van der Waals surface area contributed by atoms with Gasteiger partial charge in [-0.2, -0.15) is 11.8 Å². The van der Waals surface area contributed by atoms with E-state index in [0.29, 0.717) is 11.4 Å². The maximum atomic E-state index is 14.7. The highest BCUT2D eigenvalue weighted by molar-refractivity contribution is 8.23. The number of carbonyl (C=O) groups excluding carboxylic acids is 2. The number of carbonyl (C=O) groups is 2. The molecule has 4 N–H and O–H groups in total. The zero-order valence-electron chi connectivity index (χ0n) is 17.5. The van der Waals surface area contributed by atoms with Crippen molar-refractivity contribution in [3.63, 3.8) is 0 Å². The van der Waals surface area contributed by atoms with Crippen molar-refractivity contribution in [1.82, 2.24) is 5.32 Å². The molecule has 3 atom stereocenters. The Morgan fingerprint density at radius 3 is 2.67 bits per heavy atom. The summed E-state index contributed by atoms with van der Waals surface area (Å²) in [6.45, 7) is 2.11. The van der Waals surface area contributed by atoms with Crippen LogP contribution in [0.3, 0.4) is 0 Å². The van der Waals surface area contributed by atoms with Gasteiger partial charge in [0.15, 0.2) is 4.23 Å². The van der Waals surface area contributed by atoms with Crippen molar-refractivity contribution in [2.75, 3.05) is 47.5 Å². The highest BCUT2D eigenvalue weighted by Crippen LogP contribution is 2.67. The summed E-state index contributed by atoms with van der Waals surface area (Å²) in [7, 11) is -8.85. The predicted octanol–water partition coefficient (Wildman–Crippen LogP) is 2.47. The summed E-state index contributed by atoms with van der Waals surface area (Å²) in [5.41, 5.74) is 0.757. The van der Waals surface area contributed by atoms with Gasteiger partial charge in [0.2, 0.25) is 8.03 Å². The van der Waals surface area contributed by atoms with Crippen molar-refractivity contribution in [3.8, 4) is 0 Å².